The van der Waals surface area contributed by atoms with Gasteiger partial charge >= 0.3 is 0 Å². The van der Waals surface area contributed by atoms with E-state index >= 15 is 0 Å². The Hall–Kier alpha value is -0.390. The highest BCUT2D eigenvalue weighted by molar-refractivity contribution is 7.91. The second-order valence-corrected chi connectivity index (χ2v) is 4.77. The van der Waals surface area contributed by atoms with Crippen LogP contribution in [0.25, 0.3) is 0 Å². The van der Waals surface area contributed by atoms with Crippen molar-refractivity contribution in [2.24, 2.45) is 0 Å². The normalized spacial score (nSPS) is 11.7. The predicted octanol–water partition coefficient (Wildman–Crippen LogP) is 0.860. The molecular formula is C6H8NO2S2. The standard InChI is InChI=1S/C6H8NO2S2/c1-2-7-11(8,9)6-4-3-5-10-6/h3-5,7H,1-2H2. The highest BCUT2D eigenvalue weighted by Gasteiger charge is 2.12. The molecule has 1 radical (unpaired) electrons. The van der Waals surface area contributed by atoms with Crippen molar-refractivity contribution >= 4 is 21.4 Å². The molecule has 1 heterocycles. The first-order valence-corrected chi connectivity index (χ1v) is 5.35. The highest BCUT2D eigenvalue weighted by atomic mass is 32.2. The molecule has 0 saturated carbocycles. The van der Waals surface area contributed by atoms with Crippen LogP contribution in [0.4, 0.5) is 0 Å². The van der Waals surface area contributed by atoms with Crippen LogP contribution in [0.2, 0.25) is 0 Å². The summed E-state index contributed by atoms with van der Waals surface area (Å²) in [5.74, 6) is 0. The molecule has 1 aromatic heterocycles. The van der Waals surface area contributed by atoms with Gasteiger partial charge in [0.15, 0.2) is 0 Å². The zero-order valence-corrected chi connectivity index (χ0v) is 7.41. The van der Waals surface area contributed by atoms with Gasteiger partial charge in [-0.1, -0.05) is 6.07 Å². The summed E-state index contributed by atoms with van der Waals surface area (Å²) < 4.78 is 24.9. The number of rotatable bonds is 3. The number of thiophene rings is 1. The summed E-state index contributed by atoms with van der Waals surface area (Å²) in [6.45, 7) is 3.58. The maximum atomic E-state index is 11.2. The molecule has 61 valence electrons. The van der Waals surface area contributed by atoms with Crippen LogP contribution in [-0.4, -0.2) is 15.0 Å². The summed E-state index contributed by atoms with van der Waals surface area (Å²) in [4.78, 5) is 0. The van der Waals surface area contributed by atoms with Gasteiger partial charge in [-0.05, 0) is 18.4 Å². The summed E-state index contributed by atoms with van der Waals surface area (Å²) in [6.07, 6.45) is 0. The molecule has 0 unspecified atom stereocenters. The Morgan fingerprint density at radius 3 is 2.82 bits per heavy atom. The monoisotopic (exact) mass is 190 g/mol. The van der Waals surface area contributed by atoms with E-state index in [1.165, 1.54) is 11.3 Å². The summed E-state index contributed by atoms with van der Waals surface area (Å²) >= 11 is 1.19. The molecule has 0 fully saturated rings. The van der Waals surface area contributed by atoms with Crippen LogP contribution in [0.5, 0.6) is 0 Å². The van der Waals surface area contributed by atoms with E-state index in [-0.39, 0.29) is 6.54 Å². The Balaban J connectivity index is 2.92. The van der Waals surface area contributed by atoms with Crippen molar-refractivity contribution in [1.82, 2.24) is 4.72 Å². The Labute approximate surface area is 70.1 Å². The molecule has 0 spiro atoms. The first-order chi connectivity index (χ1) is 5.17. The maximum absolute atomic E-state index is 11.2. The van der Waals surface area contributed by atoms with Crippen molar-refractivity contribution in [3.05, 3.63) is 24.4 Å². The first kappa shape index (κ1) is 8.70. The van der Waals surface area contributed by atoms with Crippen LogP contribution >= 0.6 is 11.3 Å². The van der Waals surface area contributed by atoms with Crippen molar-refractivity contribution in [2.45, 2.75) is 4.21 Å². The quantitative estimate of drug-likeness (QED) is 0.768. The molecule has 0 aliphatic carbocycles. The van der Waals surface area contributed by atoms with Crippen LogP contribution in [0, 0.1) is 6.92 Å². The largest absolute Gasteiger partial charge is 0.250 e. The fourth-order valence-corrected chi connectivity index (χ4v) is 2.59. The summed E-state index contributed by atoms with van der Waals surface area (Å²) in [5, 5.41) is 1.72. The number of sulfonamides is 1. The lowest BCUT2D eigenvalue weighted by Gasteiger charge is -1.98. The molecule has 0 amide bonds. The number of hydrogen-bond donors (Lipinski definition) is 1. The zero-order valence-electron chi connectivity index (χ0n) is 5.78. The Morgan fingerprint density at radius 1 is 1.64 bits per heavy atom. The molecule has 0 atom stereocenters. The SMILES string of the molecule is [CH2]CNS(=O)(=O)c1cccs1. The van der Waals surface area contributed by atoms with Gasteiger partial charge in [0, 0.05) is 6.54 Å². The zero-order chi connectivity index (χ0) is 8.32. The molecule has 0 bridgehead atoms. The van der Waals surface area contributed by atoms with Crippen LogP contribution in [0.1, 0.15) is 0 Å². The third kappa shape index (κ3) is 2.02. The van der Waals surface area contributed by atoms with E-state index in [0.29, 0.717) is 4.21 Å². The fraction of sp³-hybridized carbons (Fsp3) is 0.167. The van der Waals surface area contributed by atoms with Gasteiger partial charge in [-0.15, -0.1) is 11.3 Å². The van der Waals surface area contributed by atoms with Crippen molar-refractivity contribution in [1.29, 1.82) is 0 Å². The lowest BCUT2D eigenvalue weighted by Crippen LogP contribution is -2.22. The van der Waals surface area contributed by atoms with Gasteiger partial charge in [-0.3, -0.25) is 0 Å². The molecule has 0 aliphatic rings. The molecule has 1 aromatic rings. The molecule has 1 N–H and O–H groups in total. The molecule has 0 aliphatic heterocycles. The molecule has 0 aromatic carbocycles. The van der Waals surface area contributed by atoms with Gasteiger partial charge in [-0.2, -0.15) is 0 Å². The van der Waals surface area contributed by atoms with E-state index < -0.39 is 10.0 Å². The predicted molar refractivity (Wildman–Crippen MR) is 44.9 cm³/mol. The Morgan fingerprint density at radius 2 is 2.36 bits per heavy atom. The molecule has 3 nitrogen and oxygen atoms in total. The highest BCUT2D eigenvalue weighted by Crippen LogP contribution is 2.14. The van der Waals surface area contributed by atoms with Crippen LogP contribution in [0.3, 0.4) is 0 Å². The van der Waals surface area contributed by atoms with E-state index in [0.717, 1.165) is 0 Å². The minimum atomic E-state index is -3.26. The fourth-order valence-electron chi connectivity index (χ4n) is 0.622. The minimum absolute atomic E-state index is 0.181. The first-order valence-electron chi connectivity index (χ1n) is 2.99. The van der Waals surface area contributed by atoms with Gasteiger partial charge in [0.2, 0.25) is 10.0 Å². The van der Waals surface area contributed by atoms with Crippen molar-refractivity contribution in [2.75, 3.05) is 6.54 Å². The minimum Gasteiger partial charge on any atom is -0.210 e. The van der Waals surface area contributed by atoms with E-state index in [2.05, 4.69) is 11.6 Å². The van der Waals surface area contributed by atoms with Crippen molar-refractivity contribution in [3.63, 3.8) is 0 Å². The lowest BCUT2D eigenvalue weighted by molar-refractivity contribution is 0.587. The van der Waals surface area contributed by atoms with Gasteiger partial charge in [0.05, 0.1) is 0 Å². The third-order valence-electron chi connectivity index (χ3n) is 1.05. The molecular weight excluding hydrogens is 182 g/mol. The van der Waals surface area contributed by atoms with E-state index in [4.69, 9.17) is 0 Å². The molecule has 0 saturated heterocycles. The Bertz CT molecular complexity index is 301. The summed E-state index contributed by atoms with van der Waals surface area (Å²) in [5.41, 5.74) is 0. The Kier molecular flexibility index (Phi) is 2.64. The second kappa shape index (κ2) is 3.34. The maximum Gasteiger partial charge on any atom is 0.250 e. The van der Waals surface area contributed by atoms with Crippen LogP contribution in [0.15, 0.2) is 21.7 Å². The average molecular weight is 190 g/mol. The van der Waals surface area contributed by atoms with E-state index in [9.17, 15) is 8.42 Å². The number of hydrogen-bond acceptors (Lipinski definition) is 3. The van der Waals surface area contributed by atoms with Gasteiger partial charge in [-0.25, -0.2) is 13.1 Å². The van der Waals surface area contributed by atoms with Crippen molar-refractivity contribution < 1.29 is 8.42 Å². The summed E-state index contributed by atoms with van der Waals surface area (Å²) in [7, 11) is -3.26. The molecule has 1 rings (SSSR count). The average Bonchev–Trinajstić information content (AvgIpc) is 2.37. The van der Waals surface area contributed by atoms with Gasteiger partial charge < -0.3 is 0 Å². The summed E-state index contributed by atoms with van der Waals surface area (Å²) in [6, 6.07) is 3.25. The van der Waals surface area contributed by atoms with E-state index in [1.807, 2.05) is 0 Å². The van der Waals surface area contributed by atoms with Crippen LogP contribution < -0.4 is 4.72 Å². The van der Waals surface area contributed by atoms with Crippen LogP contribution in [-0.2, 0) is 10.0 Å². The lowest BCUT2D eigenvalue weighted by atomic mass is 10.7. The molecule has 5 heteroatoms. The van der Waals surface area contributed by atoms with Gasteiger partial charge in [0.25, 0.3) is 0 Å². The topological polar surface area (TPSA) is 46.2 Å². The third-order valence-corrected chi connectivity index (χ3v) is 3.91. The van der Waals surface area contributed by atoms with E-state index in [1.54, 1.807) is 17.5 Å². The second-order valence-electron chi connectivity index (χ2n) is 1.83. The molecule has 11 heavy (non-hydrogen) atoms. The smallest absolute Gasteiger partial charge is 0.210 e. The van der Waals surface area contributed by atoms with Crippen molar-refractivity contribution in [3.8, 4) is 0 Å². The number of nitrogens with one attached hydrogen (secondary N) is 1. The van der Waals surface area contributed by atoms with Gasteiger partial charge in [0.1, 0.15) is 4.21 Å².